The third kappa shape index (κ3) is 2.13. The number of hydrogen-bond acceptors (Lipinski definition) is 1. The molecule has 1 aromatic rings. The first kappa shape index (κ1) is 10.3. The number of aliphatic hydroxyl groups is 1. The van der Waals surface area contributed by atoms with Crippen LogP contribution in [0.25, 0.3) is 0 Å². The average molecular weight is 176 g/mol. The highest BCUT2D eigenvalue weighted by Gasteiger charge is 2.24. The van der Waals surface area contributed by atoms with E-state index in [0.29, 0.717) is 0 Å². The predicted octanol–water partition coefficient (Wildman–Crippen LogP) is 0.953. The van der Waals surface area contributed by atoms with Crippen LogP contribution in [0.3, 0.4) is 0 Å². The van der Waals surface area contributed by atoms with E-state index in [9.17, 15) is 5.11 Å². The minimum Gasteiger partial charge on any atom is -0.385 e. The average Bonchev–Trinajstić information content (AvgIpc) is 2.17. The van der Waals surface area contributed by atoms with Crippen molar-refractivity contribution >= 4 is 13.3 Å². The van der Waals surface area contributed by atoms with Crippen molar-refractivity contribution < 1.29 is 5.11 Å². The van der Waals surface area contributed by atoms with Gasteiger partial charge in [-0.15, -0.1) is 0 Å². The van der Waals surface area contributed by atoms with Crippen molar-refractivity contribution in [1.82, 2.24) is 0 Å². The number of benzene rings is 1. The first-order chi connectivity index (χ1) is 6.12. The molecule has 2 heteroatoms. The lowest BCUT2D eigenvalue weighted by molar-refractivity contribution is 0.0284. The Morgan fingerprint density at radius 3 is 2.38 bits per heavy atom. The van der Waals surface area contributed by atoms with Gasteiger partial charge in [0.2, 0.25) is 0 Å². The van der Waals surface area contributed by atoms with Gasteiger partial charge in [0, 0.05) is 0 Å². The fourth-order valence-corrected chi connectivity index (χ4v) is 1.59. The Kier molecular flexibility index (Phi) is 3.15. The topological polar surface area (TPSA) is 20.2 Å². The molecule has 0 aliphatic heterocycles. The molecule has 1 aromatic carbocycles. The summed E-state index contributed by atoms with van der Waals surface area (Å²) in [6, 6.07) is 8.11. The Bertz CT molecular complexity index is 279. The number of rotatable bonds is 3. The highest BCUT2D eigenvalue weighted by molar-refractivity contribution is 6.32. The van der Waals surface area contributed by atoms with Gasteiger partial charge in [-0.1, -0.05) is 43.6 Å². The molecule has 0 saturated heterocycles. The van der Waals surface area contributed by atoms with Crippen molar-refractivity contribution in [3.05, 3.63) is 29.8 Å². The SMILES string of the molecule is Bc1cccc(C(O)(CC)CC)c1. The zero-order valence-corrected chi connectivity index (χ0v) is 8.67. The van der Waals surface area contributed by atoms with Crippen LogP contribution < -0.4 is 5.46 Å². The van der Waals surface area contributed by atoms with Gasteiger partial charge >= 0.3 is 0 Å². The Balaban J connectivity index is 3.05. The lowest BCUT2D eigenvalue weighted by atomic mass is 9.84. The van der Waals surface area contributed by atoms with Crippen molar-refractivity contribution in [1.29, 1.82) is 0 Å². The van der Waals surface area contributed by atoms with Crippen LogP contribution >= 0.6 is 0 Å². The van der Waals surface area contributed by atoms with Crippen LogP contribution in [0.15, 0.2) is 24.3 Å². The molecule has 70 valence electrons. The minimum absolute atomic E-state index is 0.633. The summed E-state index contributed by atoms with van der Waals surface area (Å²) in [7, 11) is 2.05. The second kappa shape index (κ2) is 3.97. The second-order valence-corrected chi connectivity index (χ2v) is 3.61. The van der Waals surface area contributed by atoms with E-state index in [-0.39, 0.29) is 0 Å². The molecule has 0 saturated carbocycles. The van der Waals surface area contributed by atoms with Crippen LogP contribution in [0.2, 0.25) is 0 Å². The molecule has 0 aliphatic rings. The third-order valence-electron chi connectivity index (χ3n) is 2.73. The highest BCUT2D eigenvalue weighted by Crippen LogP contribution is 2.27. The van der Waals surface area contributed by atoms with Crippen LogP contribution in [-0.4, -0.2) is 13.0 Å². The van der Waals surface area contributed by atoms with Crippen molar-refractivity contribution in [3.8, 4) is 0 Å². The molecule has 1 rings (SSSR count). The Morgan fingerprint density at radius 1 is 1.31 bits per heavy atom. The van der Waals surface area contributed by atoms with Gasteiger partial charge in [0.15, 0.2) is 0 Å². The summed E-state index contributed by atoms with van der Waals surface area (Å²) in [5.41, 5.74) is 1.61. The van der Waals surface area contributed by atoms with Gasteiger partial charge in [-0.2, -0.15) is 0 Å². The van der Waals surface area contributed by atoms with Crippen LogP contribution in [0.4, 0.5) is 0 Å². The van der Waals surface area contributed by atoms with E-state index in [1.165, 1.54) is 5.46 Å². The molecule has 0 spiro atoms. The van der Waals surface area contributed by atoms with Crippen LogP contribution in [-0.2, 0) is 5.60 Å². The van der Waals surface area contributed by atoms with E-state index in [2.05, 4.69) is 20.0 Å². The van der Waals surface area contributed by atoms with Crippen LogP contribution in [0.5, 0.6) is 0 Å². The van der Waals surface area contributed by atoms with E-state index in [0.717, 1.165) is 18.4 Å². The molecule has 0 heterocycles. The van der Waals surface area contributed by atoms with Crippen molar-refractivity contribution in [2.24, 2.45) is 0 Å². The monoisotopic (exact) mass is 176 g/mol. The summed E-state index contributed by atoms with van der Waals surface area (Å²) in [4.78, 5) is 0. The highest BCUT2D eigenvalue weighted by atomic mass is 16.3. The molecule has 0 atom stereocenters. The zero-order valence-electron chi connectivity index (χ0n) is 8.67. The van der Waals surface area contributed by atoms with Crippen LogP contribution in [0.1, 0.15) is 32.3 Å². The third-order valence-corrected chi connectivity index (χ3v) is 2.73. The summed E-state index contributed by atoms with van der Waals surface area (Å²) < 4.78 is 0. The van der Waals surface area contributed by atoms with Crippen molar-refractivity contribution in [2.45, 2.75) is 32.3 Å². The molecule has 1 N–H and O–H groups in total. The molecule has 0 aliphatic carbocycles. The van der Waals surface area contributed by atoms with Gasteiger partial charge < -0.3 is 5.11 Å². The van der Waals surface area contributed by atoms with Gasteiger partial charge in [-0.05, 0) is 18.4 Å². The first-order valence-corrected chi connectivity index (χ1v) is 4.92. The van der Waals surface area contributed by atoms with E-state index >= 15 is 0 Å². The minimum atomic E-state index is -0.633. The molecule has 13 heavy (non-hydrogen) atoms. The lowest BCUT2D eigenvalue weighted by Crippen LogP contribution is -2.24. The molecular weight excluding hydrogens is 159 g/mol. The second-order valence-electron chi connectivity index (χ2n) is 3.61. The maximum atomic E-state index is 10.2. The maximum absolute atomic E-state index is 10.2. The standard InChI is InChI=1S/C11H17BO/c1-3-11(13,4-2)9-6-5-7-10(12)8-9/h5-8,13H,3-4,12H2,1-2H3. The first-order valence-electron chi connectivity index (χ1n) is 4.92. The van der Waals surface area contributed by atoms with Crippen LogP contribution in [0, 0.1) is 0 Å². The van der Waals surface area contributed by atoms with E-state index in [1.54, 1.807) is 0 Å². The predicted molar refractivity (Wildman–Crippen MR) is 59.1 cm³/mol. The Morgan fingerprint density at radius 2 is 1.92 bits per heavy atom. The van der Waals surface area contributed by atoms with Gasteiger partial charge in [0.1, 0.15) is 7.85 Å². The van der Waals surface area contributed by atoms with E-state index < -0.39 is 5.60 Å². The van der Waals surface area contributed by atoms with E-state index in [4.69, 9.17) is 0 Å². The van der Waals surface area contributed by atoms with E-state index in [1.807, 2.05) is 26.0 Å². The van der Waals surface area contributed by atoms with Gasteiger partial charge in [0.25, 0.3) is 0 Å². The summed E-state index contributed by atoms with van der Waals surface area (Å²) in [6.07, 6.45) is 1.54. The molecule has 0 aromatic heterocycles. The molecule has 0 fully saturated rings. The van der Waals surface area contributed by atoms with Crippen molar-refractivity contribution in [3.63, 3.8) is 0 Å². The fraction of sp³-hybridized carbons (Fsp3) is 0.455. The molecule has 0 unspecified atom stereocenters. The van der Waals surface area contributed by atoms with Gasteiger partial charge in [-0.3, -0.25) is 0 Å². The zero-order chi connectivity index (χ0) is 9.90. The summed E-state index contributed by atoms with van der Waals surface area (Å²) in [5, 5.41) is 10.2. The summed E-state index contributed by atoms with van der Waals surface area (Å²) in [5.74, 6) is 0. The smallest absolute Gasteiger partial charge is 0.139 e. The largest absolute Gasteiger partial charge is 0.385 e. The normalized spacial score (nSPS) is 11.6. The Hall–Kier alpha value is -0.755. The molecule has 1 nitrogen and oxygen atoms in total. The fourth-order valence-electron chi connectivity index (χ4n) is 1.59. The Labute approximate surface area is 81.2 Å². The number of hydrogen-bond donors (Lipinski definition) is 1. The quantitative estimate of drug-likeness (QED) is 0.680. The van der Waals surface area contributed by atoms with Gasteiger partial charge in [0.05, 0.1) is 5.60 Å². The van der Waals surface area contributed by atoms with Crippen molar-refractivity contribution in [2.75, 3.05) is 0 Å². The lowest BCUT2D eigenvalue weighted by Gasteiger charge is -2.26. The summed E-state index contributed by atoms with van der Waals surface area (Å²) in [6.45, 7) is 4.04. The van der Waals surface area contributed by atoms with Gasteiger partial charge in [-0.25, -0.2) is 0 Å². The molecule has 0 bridgehead atoms. The molecule has 0 radical (unpaired) electrons. The molecule has 0 amide bonds. The summed E-state index contributed by atoms with van der Waals surface area (Å²) >= 11 is 0. The maximum Gasteiger partial charge on any atom is 0.139 e. The molecular formula is C11H17BO.